The van der Waals surface area contributed by atoms with Crippen LogP contribution in [0.2, 0.25) is 0 Å². The van der Waals surface area contributed by atoms with Crippen LogP contribution in [0.5, 0.6) is 0 Å². The maximum Gasteiger partial charge on any atom is 0.300 e. The first-order chi connectivity index (χ1) is 14.9. The Morgan fingerprint density at radius 3 is 2.28 bits per heavy atom. The fourth-order valence-electron chi connectivity index (χ4n) is 3.41. The highest BCUT2D eigenvalue weighted by Crippen LogP contribution is 2.35. The van der Waals surface area contributed by atoms with Crippen LogP contribution >= 0.6 is 0 Å². The first-order valence-corrected chi connectivity index (χ1v) is 10.7. The molecular formula is C25H33F2N3O2. The number of pyridine rings is 1. The summed E-state index contributed by atoms with van der Waals surface area (Å²) < 4.78 is 23.0. The molecule has 7 heteroatoms. The molecule has 1 amide bonds. The van der Waals surface area contributed by atoms with E-state index in [1.54, 1.807) is 12.3 Å². The van der Waals surface area contributed by atoms with E-state index in [4.69, 9.17) is 10.8 Å². The summed E-state index contributed by atoms with van der Waals surface area (Å²) >= 11 is 0. The molecule has 0 saturated heterocycles. The SMILES string of the molecule is C=C(O)C(C)(F)F.CC1(C)CCC(NCc2ccc(-c3cncc(C(N)=O)c3)cc2)CC1. The lowest BCUT2D eigenvalue weighted by Crippen LogP contribution is -2.35. The molecule has 0 unspecified atom stereocenters. The third-order valence-electron chi connectivity index (χ3n) is 5.75. The van der Waals surface area contributed by atoms with Crippen molar-refractivity contribution in [2.24, 2.45) is 11.1 Å². The van der Waals surface area contributed by atoms with Gasteiger partial charge in [-0.3, -0.25) is 9.78 Å². The highest BCUT2D eigenvalue weighted by Gasteiger charge is 2.26. The van der Waals surface area contributed by atoms with Gasteiger partial charge in [-0.15, -0.1) is 0 Å². The Kier molecular flexibility index (Phi) is 8.50. The molecule has 0 spiro atoms. The van der Waals surface area contributed by atoms with Gasteiger partial charge in [-0.25, -0.2) is 0 Å². The van der Waals surface area contributed by atoms with E-state index >= 15 is 0 Å². The van der Waals surface area contributed by atoms with Crippen LogP contribution in [0, 0.1) is 5.41 Å². The highest BCUT2D eigenvalue weighted by atomic mass is 19.3. The van der Waals surface area contributed by atoms with Crippen molar-refractivity contribution in [3.05, 3.63) is 66.2 Å². The number of nitrogens with zero attached hydrogens (tertiary/aromatic N) is 1. The Hall–Kier alpha value is -2.80. The van der Waals surface area contributed by atoms with Crippen LogP contribution in [0.4, 0.5) is 8.78 Å². The van der Waals surface area contributed by atoms with E-state index in [1.165, 1.54) is 37.4 Å². The lowest BCUT2D eigenvalue weighted by Gasteiger charge is -2.34. The molecule has 1 aliphatic carbocycles. The van der Waals surface area contributed by atoms with Gasteiger partial charge in [0, 0.05) is 37.5 Å². The molecule has 1 heterocycles. The van der Waals surface area contributed by atoms with Gasteiger partial charge in [-0.05, 0) is 48.3 Å². The van der Waals surface area contributed by atoms with Crippen LogP contribution in [0.15, 0.2) is 55.1 Å². The smallest absolute Gasteiger partial charge is 0.300 e. The fourth-order valence-corrected chi connectivity index (χ4v) is 3.41. The number of halogens is 2. The quantitative estimate of drug-likeness (QED) is 0.504. The highest BCUT2D eigenvalue weighted by molar-refractivity contribution is 5.93. The minimum atomic E-state index is -3.14. The van der Waals surface area contributed by atoms with Gasteiger partial charge in [0.25, 0.3) is 5.92 Å². The molecule has 32 heavy (non-hydrogen) atoms. The summed E-state index contributed by atoms with van der Waals surface area (Å²) in [6, 6.07) is 10.8. The first-order valence-electron chi connectivity index (χ1n) is 10.7. The van der Waals surface area contributed by atoms with Crippen molar-refractivity contribution in [1.82, 2.24) is 10.3 Å². The second kappa shape index (κ2) is 10.7. The van der Waals surface area contributed by atoms with Gasteiger partial charge < -0.3 is 16.2 Å². The Morgan fingerprint density at radius 1 is 1.22 bits per heavy atom. The molecule has 2 aromatic rings. The lowest BCUT2D eigenvalue weighted by molar-refractivity contribution is 0.0197. The van der Waals surface area contributed by atoms with E-state index in [-0.39, 0.29) is 0 Å². The zero-order chi connectivity index (χ0) is 23.9. The number of nitrogens with two attached hydrogens (primary N) is 1. The zero-order valence-electron chi connectivity index (χ0n) is 19.0. The number of hydrogen-bond donors (Lipinski definition) is 3. The second-order valence-electron chi connectivity index (χ2n) is 9.18. The third-order valence-corrected chi connectivity index (χ3v) is 5.75. The number of hydrogen-bond acceptors (Lipinski definition) is 4. The Balaban J connectivity index is 0.000000451. The van der Waals surface area contributed by atoms with Gasteiger partial charge in [0.05, 0.1) is 5.56 Å². The van der Waals surface area contributed by atoms with Crippen molar-refractivity contribution in [3.8, 4) is 11.1 Å². The van der Waals surface area contributed by atoms with Crippen molar-refractivity contribution < 1.29 is 18.7 Å². The van der Waals surface area contributed by atoms with Gasteiger partial charge in [0.15, 0.2) is 5.76 Å². The predicted molar refractivity (Wildman–Crippen MR) is 123 cm³/mol. The number of aliphatic hydroxyl groups excluding tert-OH is 1. The largest absolute Gasteiger partial charge is 0.507 e. The number of benzene rings is 1. The van der Waals surface area contributed by atoms with Crippen LogP contribution < -0.4 is 11.1 Å². The van der Waals surface area contributed by atoms with Gasteiger partial charge in [-0.1, -0.05) is 44.7 Å². The van der Waals surface area contributed by atoms with Crippen LogP contribution in [-0.4, -0.2) is 28.0 Å². The van der Waals surface area contributed by atoms with Gasteiger partial charge in [-0.2, -0.15) is 8.78 Å². The fraction of sp³-hybridized carbons (Fsp3) is 0.440. The average molecular weight is 446 g/mol. The van der Waals surface area contributed by atoms with Crippen LogP contribution in [-0.2, 0) is 6.54 Å². The standard InChI is InChI=1S/C21H27N3O.C4H6F2O/c1-21(2)9-7-19(8-10-21)24-12-15-3-5-16(6-4-15)17-11-18(20(22)25)14-23-13-17;1-3(7)4(2,5)6/h3-6,11,13-14,19,24H,7-10,12H2,1-2H3,(H2,22,25);7H,1H2,2H3. The normalized spacial score (nSPS) is 16.0. The average Bonchev–Trinajstić information content (AvgIpc) is 2.73. The van der Waals surface area contributed by atoms with E-state index in [1.807, 2.05) is 0 Å². The van der Waals surface area contributed by atoms with E-state index in [0.717, 1.165) is 17.7 Å². The van der Waals surface area contributed by atoms with Gasteiger partial charge in [0.2, 0.25) is 5.91 Å². The third kappa shape index (κ3) is 8.04. The maximum absolute atomic E-state index is 11.5. The van der Waals surface area contributed by atoms with Crippen LogP contribution in [0.1, 0.15) is 62.4 Å². The summed E-state index contributed by atoms with van der Waals surface area (Å²) in [5.74, 6) is -4.68. The summed E-state index contributed by atoms with van der Waals surface area (Å²) in [7, 11) is 0. The molecule has 0 bridgehead atoms. The zero-order valence-corrected chi connectivity index (χ0v) is 19.0. The van der Waals surface area contributed by atoms with E-state index in [0.29, 0.717) is 23.9 Å². The number of carbonyl (C=O) groups is 1. The first kappa shape index (κ1) is 25.5. The molecule has 0 aliphatic heterocycles. The van der Waals surface area contributed by atoms with E-state index in [9.17, 15) is 13.6 Å². The summed E-state index contributed by atoms with van der Waals surface area (Å²) in [4.78, 5) is 15.4. The monoisotopic (exact) mass is 445 g/mol. The molecule has 0 radical (unpaired) electrons. The number of aromatic nitrogens is 1. The summed E-state index contributed by atoms with van der Waals surface area (Å²) in [6.45, 7) is 8.83. The second-order valence-corrected chi connectivity index (χ2v) is 9.18. The van der Waals surface area contributed by atoms with Crippen LogP contribution in [0.3, 0.4) is 0 Å². The summed E-state index contributed by atoms with van der Waals surface area (Å²) in [5, 5.41) is 11.6. The Labute approximate surface area is 188 Å². The maximum atomic E-state index is 11.5. The van der Waals surface area contributed by atoms with Gasteiger partial charge in [0.1, 0.15) is 0 Å². The number of primary amides is 1. The molecule has 5 nitrogen and oxygen atoms in total. The number of amides is 1. The summed E-state index contributed by atoms with van der Waals surface area (Å²) in [5.41, 5.74) is 9.48. The Morgan fingerprint density at radius 2 is 1.78 bits per heavy atom. The summed E-state index contributed by atoms with van der Waals surface area (Å²) in [6.07, 6.45) is 8.37. The lowest BCUT2D eigenvalue weighted by atomic mass is 9.75. The molecule has 1 aromatic carbocycles. The minimum Gasteiger partial charge on any atom is -0.507 e. The number of alkyl halides is 2. The van der Waals surface area contributed by atoms with Crippen LogP contribution in [0.25, 0.3) is 11.1 Å². The number of carbonyl (C=O) groups excluding carboxylic acids is 1. The molecule has 174 valence electrons. The molecule has 0 atom stereocenters. The number of aliphatic hydroxyl groups is 1. The van der Waals surface area contributed by atoms with Crippen molar-refractivity contribution in [1.29, 1.82) is 0 Å². The topological polar surface area (TPSA) is 88.2 Å². The molecule has 1 fully saturated rings. The number of nitrogens with one attached hydrogen (secondary N) is 1. The number of allylic oxidation sites excluding steroid dienone is 1. The van der Waals surface area contributed by atoms with E-state index < -0.39 is 17.6 Å². The molecule has 1 saturated carbocycles. The molecule has 4 N–H and O–H groups in total. The Bertz CT molecular complexity index is 912. The van der Waals surface area contributed by atoms with Crippen molar-refractivity contribution >= 4 is 5.91 Å². The molecule has 3 rings (SSSR count). The van der Waals surface area contributed by atoms with Crippen molar-refractivity contribution in [2.45, 2.75) is 65.0 Å². The minimum absolute atomic E-state index is 0.434. The van der Waals surface area contributed by atoms with E-state index in [2.05, 4.69) is 55.0 Å². The van der Waals surface area contributed by atoms with Gasteiger partial charge >= 0.3 is 0 Å². The molecular weight excluding hydrogens is 412 g/mol. The predicted octanol–water partition coefficient (Wildman–Crippen LogP) is 5.62. The molecule has 1 aromatic heterocycles. The van der Waals surface area contributed by atoms with Crippen molar-refractivity contribution in [2.75, 3.05) is 0 Å². The number of rotatable bonds is 6. The molecule has 1 aliphatic rings. The van der Waals surface area contributed by atoms with Crippen molar-refractivity contribution in [3.63, 3.8) is 0 Å².